The first-order valence-corrected chi connectivity index (χ1v) is 16.2. The second kappa shape index (κ2) is 14.5. The molecule has 1 atom stereocenters. The van der Waals surface area contributed by atoms with Gasteiger partial charge in [-0.05, 0) is 68.3 Å². The van der Waals surface area contributed by atoms with Gasteiger partial charge in [0.1, 0.15) is 5.75 Å². The average Bonchev–Trinajstić information content (AvgIpc) is 3.50. The molecule has 0 spiro atoms. The van der Waals surface area contributed by atoms with Crippen LogP contribution >= 0.6 is 43.6 Å². The van der Waals surface area contributed by atoms with Crippen LogP contribution in [0.5, 0.6) is 0 Å². The Labute approximate surface area is 281 Å². The first-order chi connectivity index (χ1) is 21.4. The Morgan fingerprint density at radius 3 is 1.53 bits per heavy atom. The van der Waals surface area contributed by atoms with Crippen molar-refractivity contribution >= 4 is 54.4 Å². The van der Waals surface area contributed by atoms with Gasteiger partial charge in [0.15, 0.2) is 11.4 Å². The summed E-state index contributed by atoms with van der Waals surface area (Å²) >= 11 is 6.70. The van der Waals surface area contributed by atoms with Gasteiger partial charge in [0.25, 0.3) is 0 Å². The lowest BCUT2D eigenvalue weighted by Crippen LogP contribution is -2.18. The van der Waals surface area contributed by atoms with Crippen LogP contribution in [0.15, 0.2) is 67.3 Å². The van der Waals surface area contributed by atoms with Crippen LogP contribution < -0.4 is 0 Å². The standard InChI is InChI=1S/C13H9BrF6N2OS.C13H9BrF6N2S/c1-22-9(5-11(21-22)13(18,19)20)7-2-3-8(14)10(4-7)24(23)6-12(15,16)17;1-22-9(5-11(21-22)13(18,19)20)7-2-3-8(14)10(4-7)23-6-12(15,16)17/h2-5H,6H2,1H3;2-5H,6H2,1H3. The van der Waals surface area contributed by atoms with Crippen LogP contribution in [-0.2, 0) is 37.2 Å². The van der Waals surface area contributed by atoms with Gasteiger partial charge < -0.3 is 0 Å². The number of aryl methyl sites for hydroxylation is 2. The molecule has 258 valence electrons. The number of aromatic nitrogens is 4. The number of alkyl halides is 12. The number of thioether (sulfide) groups is 1. The molecule has 0 amide bonds. The molecule has 1 unspecified atom stereocenters. The van der Waals surface area contributed by atoms with Gasteiger partial charge in [0, 0.05) is 39.1 Å². The molecule has 47 heavy (non-hydrogen) atoms. The van der Waals surface area contributed by atoms with E-state index in [1.807, 2.05) is 0 Å². The Bertz CT molecular complexity index is 1750. The second-order valence-electron chi connectivity index (χ2n) is 9.37. The van der Waals surface area contributed by atoms with Crippen molar-refractivity contribution in [2.75, 3.05) is 11.5 Å². The van der Waals surface area contributed by atoms with Crippen LogP contribution in [0.3, 0.4) is 0 Å². The Kier molecular flexibility index (Phi) is 12.0. The zero-order chi connectivity index (χ0) is 35.7. The molecule has 4 aromatic rings. The van der Waals surface area contributed by atoms with Gasteiger partial charge in [0.2, 0.25) is 0 Å². The maximum atomic E-state index is 12.7. The third-order valence-corrected chi connectivity index (χ3v) is 10.2. The molecule has 0 radical (unpaired) electrons. The predicted molar refractivity (Wildman–Crippen MR) is 157 cm³/mol. The highest BCUT2D eigenvalue weighted by atomic mass is 79.9. The van der Waals surface area contributed by atoms with Crippen molar-refractivity contribution in [2.45, 2.75) is 34.5 Å². The maximum absolute atomic E-state index is 12.7. The molecule has 2 aromatic heterocycles. The molecule has 0 saturated carbocycles. The molecule has 21 heteroatoms. The summed E-state index contributed by atoms with van der Waals surface area (Å²) in [7, 11) is 0.230. The van der Waals surface area contributed by atoms with E-state index in [9.17, 15) is 56.9 Å². The van der Waals surface area contributed by atoms with Crippen molar-refractivity contribution in [3.63, 3.8) is 0 Å². The first kappa shape index (κ1) is 38.9. The highest BCUT2D eigenvalue weighted by molar-refractivity contribution is 9.10. The van der Waals surface area contributed by atoms with Gasteiger partial charge in [-0.3, -0.25) is 13.6 Å². The quantitative estimate of drug-likeness (QED) is 0.143. The molecule has 0 saturated heterocycles. The molecule has 0 N–H and O–H groups in total. The topological polar surface area (TPSA) is 52.7 Å². The van der Waals surface area contributed by atoms with Gasteiger partial charge in [0.05, 0.1) is 32.8 Å². The average molecular weight is 854 g/mol. The molecule has 2 aromatic carbocycles. The summed E-state index contributed by atoms with van der Waals surface area (Å²) < 4.78 is 165. The summed E-state index contributed by atoms with van der Waals surface area (Å²) in [6.45, 7) is 0. The molecule has 5 nitrogen and oxygen atoms in total. The number of halogens is 14. The maximum Gasteiger partial charge on any atom is 0.435 e. The minimum atomic E-state index is -4.65. The molecule has 0 fully saturated rings. The van der Waals surface area contributed by atoms with E-state index in [2.05, 4.69) is 42.1 Å². The summed E-state index contributed by atoms with van der Waals surface area (Å²) in [4.78, 5) is 0.133. The fraction of sp³-hybridized carbons (Fsp3) is 0.308. The van der Waals surface area contributed by atoms with Crippen molar-refractivity contribution in [3.05, 3.63) is 68.9 Å². The second-order valence-corrected chi connectivity index (χ2v) is 13.5. The van der Waals surface area contributed by atoms with Crippen molar-refractivity contribution < 1.29 is 56.9 Å². The van der Waals surface area contributed by atoms with E-state index < -0.39 is 58.4 Å². The molecule has 0 aliphatic carbocycles. The zero-order valence-electron chi connectivity index (χ0n) is 23.3. The van der Waals surface area contributed by atoms with Crippen molar-refractivity contribution in [3.8, 4) is 22.5 Å². The van der Waals surface area contributed by atoms with Crippen molar-refractivity contribution in [1.82, 2.24) is 19.6 Å². The summed E-state index contributed by atoms with van der Waals surface area (Å²) in [5.41, 5.74) is -1.44. The predicted octanol–water partition coefficient (Wildman–Crippen LogP) is 10.1. The number of hydrogen-bond acceptors (Lipinski definition) is 4. The molecular formula is C26H18Br2F12N4OS2. The van der Waals surface area contributed by atoms with Crippen LogP contribution in [0.25, 0.3) is 22.5 Å². The fourth-order valence-electron chi connectivity index (χ4n) is 3.75. The largest absolute Gasteiger partial charge is 0.435 e. The Morgan fingerprint density at radius 2 is 1.13 bits per heavy atom. The monoisotopic (exact) mass is 852 g/mol. The van der Waals surface area contributed by atoms with Gasteiger partial charge in [-0.2, -0.15) is 62.9 Å². The van der Waals surface area contributed by atoms with Gasteiger partial charge in [-0.1, -0.05) is 12.1 Å². The van der Waals surface area contributed by atoms with Crippen molar-refractivity contribution in [1.29, 1.82) is 0 Å². The van der Waals surface area contributed by atoms with Gasteiger partial charge >= 0.3 is 24.7 Å². The van der Waals surface area contributed by atoms with E-state index in [0.29, 0.717) is 21.8 Å². The minimum Gasteiger partial charge on any atom is -0.267 e. The van der Waals surface area contributed by atoms with E-state index >= 15 is 0 Å². The van der Waals surface area contributed by atoms with E-state index in [1.54, 1.807) is 0 Å². The molecule has 2 heterocycles. The zero-order valence-corrected chi connectivity index (χ0v) is 28.1. The Morgan fingerprint density at radius 1 is 0.681 bits per heavy atom. The van der Waals surface area contributed by atoms with E-state index in [4.69, 9.17) is 0 Å². The van der Waals surface area contributed by atoms with Crippen molar-refractivity contribution in [2.24, 2.45) is 14.1 Å². The normalized spacial score (nSPS) is 13.4. The van der Waals surface area contributed by atoms with E-state index in [0.717, 1.165) is 27.6 Å². The molecular weight excluding hydrogens is 836 g/mol. The number of nitrogens with zero attached hydrogens (tertiary/aromatic N) is 4. The van der Waals surface area contributed by atoms with Gasteiger partial charge in [-0.15, -0.1) is 11.8 Å². The number of rotatable bonds is 6. The molecule has 0 bridgehead atoms. The molecule has 0 aliphatic heterocycles. The van der Waals surface area contributed by atoms with Gasteiger partial charge in [-0.25, -0.2) is 0 Å². The third-order valence-electron chi connectivity index (χ3n) is 5.73. The lowest BCUT2D eigenvalue weighted by molar-refractivity contribution is -0.142. The van der Waals surface area contributed by atoms with E-state index in [1.165, 1.54) is 44.4 Å². The number of benzene rings is 2. The molecule has 4 rings (SSSR count). The Hall–Kier alpha value is -2.52. The SMILES string of the molecule is Cn1nc(C(F)(F)F)cc1-c1ccc(Br)c(S(=O)CC(F)(F)F)c1.Cn1nc(C(F)(F)F)cc1-c1ccc(Br)c(SCC(F)(F)F)c1. The summed E-state index contributed by atoms with van der Waals surface area (Å²) in [6, 6.07) is 9.93. The van der Waals surface area contributed by atoms with Crippen LogP contribution in [0.1, 0.15) is 11.4 Å². The lowest BCUT2D eigenvalue weighted by Gasteiger charge is -2.10. The fourth-order valence-corrected chi connectivity index (χ4v) is 6.86. The summed E-state index contributed by atoms with van der Waals surface area (Å²) in [5, 5.41) is 6.73. The van der Waals surface area contributed by atoms with Crippen LogP contribution in [-0.4, -0.2) is 47.6 Å². The lowest BCUT2D eigenvalue weighted by atomic mass is 10.1. The van der Waals surface area contributed by atoms with Crippen LogP contribution in [0.2, 0.25) is 0 Å². The minimum absolute atomic E-state index is 0.0417. The first-order valence-electron chi connectivity index (χ1n) is 12.3. The Balaban J connectivity index is 0.000000256. The third kappa shape index (κ3) is 11.0. The highest BCUT2D eigenvalue weighted by Gasteiger charge is 2.36. The summed E-state index contributed by atoms with van der Waals surface area (Å²) in [6.07, 6.45) is -18.2. The number of hydrogen-bond donors (Lipinski definition) is 0. The smallest absolute Gasteiger partial charge is 0.267 e. The highest BCUT2D eigenvalue weighted by Crippen LogP contribution is 2.37. The van der Waals surface area contributed by atoms with E-state index in [-0.39, 0.29) is 31.2 Å². The van der Waals surface area contributed by atoms with Crippen LogP contribution in [0, 0.1) is 0 Å². The summed E-state index contributed by atoms with van der Waals surface area (Å²) in [5.74, 6) is -2.64. The van der Waals surface area contributed by atoms with Crippen LogP contribution in [0.4, 0.5) is 52.7 Å². The molecule has 0 aliphatic rings.